The lowest BCUT2D eigenvalue weighted by atomic mass is 9.77. The predicted octanol–water partition coefficient (Wildman–Crippen LogP) is 2.15. The molecule has 3 rings (SSSR count). The highest BCUT2D eigenvalue weighted by molar-refractivity contribution is 4.94. The summed E-state index contributed by atoms with van der Waals surface area (Å²) < 4.78 is 5.92. The van der Waals surface area contributed by atoms with Crippen LogP contribution in [0.1, 0.15) is 51.4 Å². The van der Waals surface area contributed by atoms with Crippen LogP contribution in [0.15, 0.2) is 0 Å². The Hall–Kier alpha value is -0.120. The molecule has 2 saturated heterocycles. The first-order chi connectivity index (χ1) is 8.90. The minimum atomic E-state index is 0.413. The summed E-state index contributed by atoms with van der Waals surface area (Å²) in [6, 6.07) is 1.30. The van der Waals surface area contributed by atoms with Gasteiger partial charge in [-0.2, -0.15) is 0 Å². The summed E-state index contributed by atoms with van der Waals surface area (Å²) in [4.78, 5) is 2.74. The van der Waals surface area contributed by atoms with E-state index < -0.39 is 0 Å². The number of ether oxygens (including phenoxy) is 1. The molecule has 1 aliphatic carbocycles. The van der Waals surface area contributed by atoms with Crippen molar-refractivity contribution in [1.82, 2.24) is 4.90 Å². The number of nitrogens with zero attached hydrogens (tertiary/aromatic N) is 1. The molecule has 104 valence electrons. The molecule has 2 unspecified atom stereocenters. The van der Waals surface area contributed by atoms with Crippen molar-refractivity contribution in [3.05, 3.63) is 0 Å². The first-order valence-electron chi connectivity index (χ1n) is 7.97. The molecule has 18 heavy (non-hydrogen) atoms. The van der Waals surface area contributed by atoms with Crippen molar-refractivity contribution in [1.29, 1.82) is 0 Å². The van der Waals surface area contributed by atoms with E-state index in [0.717, 1.165) is 25.1 Å². The molecule has 0 spiro atoms. The molecule has 2 N–H and O–H groups in total. The topological polar surface area (TPSA) is 38.5 Å². The van der Waals surface area contributed by atoms with Crippen LogP contribution < -0.4 is 5.73 Å². The summed E-state index contributed by atoms with van der Waals surface area (Å²) in [5.74, 6) is 0.947. The summed E-state index contributed by atoms with van der Waals surface area (Å²) in [5.41, 5.74) is 6.08. The maximum atomic E-state index is 6.08. The van der Waals surface area contributed by atoms with Crippen LogP contribution >= 0.6 is 0 Å². The van der Waals surface area contributed by atoms with E-state index in [1.54, 1.807) is 0 Å². The zero-order valence-electron chi connectivity index (χ0n) is 11.5. The van der Waals surface area contributed by atoms with Gasteiger partial charge in [0, 0.05) is 25.2 Å². The third kappa shape index (κ3) is 2.45. The molecule has 0 aromatic heterocycles. The fourth-order valence-electron chi connectivity index (χ4n) is 4.48. The zero-order valence-corrected chi connectivity index (χ0v) is 11.5. The minimum Gasteiger partial charge on any atom is -0.377 e. The Balaban J connectivity index is 1.71. The van der Waals surface area contributed by atoms with Crippen LogP contribution in [0, 0.1) is 5.92 Å². The predicted molar refractivity (Wildman–Crippen MR) is 73.5 cm³/mol. The van der Waals surface area contributed by atoms with Crippen LogP contribution in [0.4, 0.5) is 0 Å². The molecule has 3 nitrogen and oxygen atoms in total. The van der Waals surface area contributed by atoms with Crippen LogP contribution in [-0.4, -0.2) is 42.8 Å². The standard InChI is InChI=1S/C15H28N2O/c16-11-14(15-8-4-10-18-15)17-9-3-6-12-5-1-2-7-13(12)17/h12-15H,1-11,16H2/t12-,13-,14?,15?/m1/s1. The van der Waals surface area contributed by atoms with Gasteiger partial charge in [-0.3, -0.25) is 4.90 Å². The smallest absolute Gasteiger partial charge is 0.0743 e. The van der Waals surface area contributed by atoms with Gasteiger partial charge in [0.2, 0.25) is 0 Å². The molecule has 0 amide bonds. The van der Waals surface area contributed by atoms with Gasteiger partial charge in [-0.05, 0) is 51.0 Å². The lowest BCUT2D eigenvalue weighted by Gasteiger charge is -2.48. The molecule has 1 saturated carbocycles. The first-order valence-corrected chi connectivity index (χ1v) is 7.97. The number of fused-ring (bicyclic) bond motifs is 1. The van der Waals surface area contributed by atoms with E-state index in [2.05, 4.69) is 4.90 Å². The molecule has 3 aliphatic rings. The van der Waals surface area contributed by atoms with Crippen molar-refractivity contribution in [3.63, 3.8) is 0 Å². The van der Waals surface area contributed by atoms with Crippen molar-refractivity contribution in [3.8, 4) is 0 Å². The number of piperidine rings is 1. The number of hydrogen-bond donors (Lipinski definition) is 1. The van der Waals surface area contributed by atoms with E-state index >= 15 is 0 Å². The molecule has 2 heterocycles. The monoisotopic (exact) mass is 252 g/mol. The Morgan fingerprint density at radius 2 is 1.89 bits per heavy atom. The second-order valence-electron chi connectivity index (χ2n) is 6.35. The Morgan fingerprint density at radius 1 is 1.06 bits per heavy atom. The number of nitrogens with two attached hydrogens (primary N) is 1. The SMILES string of the molecule is NCC(C1CCCO1)N1CCC[C@H]2CCCC[C@H]21. The van der Waals surface area contributed by atoms with E-state index in [0.29, 0.717) is 12.1 Å². The summed E-state index contributed by atoms with van der Waals surface area (Å²) in [6.45, 7) is 2.97. The van der Waals surface area contributed by atoms with Crippen LogP contribution in [0.3, 0.4) is 0 Å². The highest BCUT2D eigenvalue weighted by Gasteiger charge is 2.39. The molecular weight excluding hydrogens is 224 g/mol. The summed E-state index contributed by atoms with van der Waals surface area (Å²) >= 11 is 0. The lowest BCUT2D eigenvalue weighted by molar-refractivity contribution is -0.0327. The summed E-state index contributed by atoms with van der Waals surface area (Å²) in [7, 11) is 0. The average Bonchev–Trinajstić information content (AvgIpc) is 2.94. The molecular formula is C15H28N2O. The van der Waals surface area contributed by atoms with Gasteiger partial charge in [0.25, 0.3) is 0 Å². The summed E-state index contributed by atoms with van der Waals surface area (Å²) in [5, 5.41) is 0. The molecule has 0 aromatic carbocycles. The second kappa shape index (κ2) is 5.89. The Bertz CT molecular complexity index is 263. The largest absolute Gasteiger partial charge is 0.377 e. The van der Waals surface area contributed by atoms with Gasteiger partial charge < -0.3 is 10.5 Å². The maximum absolute atomic E-state index is 6.08. The third-order valence-corrected chi connectivity index (χ3v) is 5.35. The Labute approximate surface area is 111 Å². The Kier molecular flexibility index (Phi) is 4.22. The molecule has 0 aromatic rings. The number of rotatable bonds is 3. The van der Waals surface area contributed by atoms with E-state index in [4.69, 9.17) is 10.5 Å². The highest BCUT2D eigenvalue weighted by Crippen LogP contribution is 2.37. The summed E-state index contributed by atoms with van der Waals surface area (Å²) in [6.07, 6.45) is 11.4. The minimum absolute atomic E-state index is 0.413. The third-order valence-electron chi connectivity index (χ3n) is 5.35. The van der Waals surface area contributed by atoms with E-state index in [9.17, 15) is 0 Å². The van der Waals surface area contributed by atoms with Crippen molar-refractivity contribution in [2.45, 2.75) is 69.6 Å². The molecule has 4 atom stereocenters. The van der Waals surface area contributed by atoms with Gasteiger partial charge in [0.1, 0.15) is 0 Å². The fourth-order valence-corrected chi connectivity index (χ4v) is 4.48. The van der Waals surface area contributed by atoms with Crippen molar-refractivity contribution < 1.29 is 4.74 Å². The van der Waals surface area contributed by atoms with Gasteiger partial charge in [-0.15, -0.1) is 0 Å². The van der Waals surface area contributed by atoms with Gasteiger partial charge >= 0.3 is 0 Å². The van der Waals surface area contributed by atoms with Gasteiger partial charge in [0.15, 0.2) is 0 Å². The number of likely N-dealkylation sites (tertiary alicyclic amines) is 1. The zero-order chi connectivity index (χ0) is 12.4. The fraction of sp³-hybridized carbons (Fsp3) is 1.00. The van der Waals surface area contributed by atoms with Crippen molar-refractivity contribution in [2.75, 3.05) is 19.7 Å². The van der Waals surface area contributed by atoms with Crippen molar-refractivity contribution >= 4 is 0 Å². The maximum Gasteiger partial charge on any atom is 0.0743 e. The normalized spacial score (nSPS) is 39.5. The molecule has 2 aliphatic heterocycles. The highest BCUT2D eigenvalue weighted by atomic mass is 16.5. The van der Waals surface area contributed by atoms with Crippen LogP contribution in [-0.2, 0) is 4.74 Å². The first kappa shape index (κ1) is 12.9. The molecule has 0 bridgehead atoms. The van der Waals surface area contributed by atoms with E-state index in [1.807, 2.05) is 0 Å². The second-order valence-corrected chi connectivity index (χ2v) is 6.35. The van der Waals surface area contributed by atoms with Crippen LogP contribution in [0.5, 0.6) is 0 Å². The number of hydrogen-bond acceptors (Lipinski definition) is 3. The van der Waals surface area contributed by atoms with Gasteiger partial charge in [-0.1, -0.05) is 12.8 Å². The Morgan fingerprint density at radius 3 is 2.67 bits per heavy atom. The quantitative estimate of drug-likeness (QED) is 0.836. The lowest BCUT2D eigenvalue weighted by Crippen LogP contribution is -2.57. The average molecular weight is 252 g/mol. The van der Waals surface area contributed by atoms with Crippen LogP contribution in [0.2, 0.25) is 0 Å². The van der Waals surface area contributed by atoms with E-state index in [-0.39, 0.29) is 0 Å². The molecule has 3 heteroatoms. The van der Waals surface area contributed by atoms with Crippen molar-refractivity contribution in [2.24, 2.45) is 11.7 Å². The van der Waals surface area contributed by atoms with Crippen LogP contribution in [0.25, 0.3) is 0 Å². The van der Waals surface area contributed by atoms with E-state index in [1.165, 1.54) is 57.9 Å². The molecule has 0 radical (unpaired) electrons. The molecule has 3 fully saturated rings. The van der Waals surface area contributed by atoms with Gasteiger partial charge in [-0.25, -0.2) is 0 Å². The van der Waals surface area contributed by atoms with Gasteiger partial charge in [0.05, 0.1) is 6.10 Å².